The van der Waals surface area contributed by atoms with Crippen LogP contribution in [0, 0.1) is 0 Å². The first kappa shape index (κ1) is 16.2. The van der Waals surface area contributed by atoms with Crippen molar-refractivity contribution in [1.82, 2.24) is 5.32 Å². The van der Waals surface area contributed by atoms with Crippen molar-refractivity contribution in [2.75, 3.05) is 13.2 Å². The fourth-order valence-electron chi connectivity index (χ4n) is 1.77. The van der Waals surface area contributed by atoms with Gasteiger partial charge in [-0.25, -0.2) is 0 Å². The van der Waals surface area contributed by atoms with Crippen LogP contribution in [-0.2, 0) is 20.7 Å². The summed E-state index contributed by atoms with van der Waals surface area (Å²) < 4.78 is 4.80. The van der Waals surface area contributed by atoms with Gasteiger partial charge in [0, 0.05) is 13.0 Å². The van der Waals surface area contributed by atoms with Crippen molar-refractivity contribution >= 4 is 11.9 Å². The Balaban J connectivity index is 2.20. The molecule has 5 nitrogen and oxygen atoms in total. The van der Waals surface area contributed by atoms with Gasteiger partial charge < -0.3 is 15.8 Å². The summed E-state index contributed by atoms with van der Waals surface area (Å²) >= 11 is 0. The molecule has 5 heteroatoms. The van der Waals surface area contributed by atoms with Gasteiger partial charge in [-0.05, 0) is 25.3 Å². The summed E-state index contributed by atoms with van der Waals surface area (Å²) in [6, 6.07) is 9.06. The first-order chi connectivity index (χ1) is 9.63. The van der Waals surface area contributed by atoms with Gasteiger partial charge in [0.05, 0.1) is 12.6 Å². The van der Waals surface area contributed by atoms with E-state index in [1.165, 1.54) is 0 Å². The Kier molecular flexibility index (Phi) is 7.35. The quantitative estimate of drug-likeness (QED) is 0.549. The number of hydrogen-bond acceptors (Lipinski definition) is 4. The van der Waals surface area contributed by atoms with Crippen LogP contribution in [0.3, 0.4) is 0 Å². The van der Waals surface area contributed by atoms with Crippen LogP contribution >= 0.6 is 0 Å². The number of esters is 1. The topological polar surface area (TPSA) is 81.4 Å². The fourth-order valence-corrected chi connectivity index (χ4v) is 1.77. The average Bonchev–Trinajstić information content (AvgIpc) is 2.44. The first-order valence-electron chi connectivity index (χ1n) is 6.86. The highest BCUT2D eigenvalue weighted by Gasteiger charge is 2.13. The number of amides is 1. The predicted octanol–water partition coefficient (Wildman–Crippen LogP) is 1.02. The molecule has 1 amide bonds. The zero-order valence-corrected chi connectivity index (χ0v) is 11.8. The molecule has 1 atom stereocenters. The normalized spacial score (nSPS) is 11.7. The molecule has 0 spiro atoms. The van der Waals surface area contributed by atoms with Crippen molar-refractivity contribution in [2.45, 2.75) is 32.2 Å². The van der Waals surface area contributed by atoms with E-state index >= 15 is 0 Å². The highest BCUT2D eigenvalue weighted by molar-refractivity contribution is 5.81. The van der Waals surface area contributed by atoms with E-state index in [0.717, 1.165) is 5.56 Å². The van der Waals surface area contributed by atoms with Gasteiger partial charge in [-0.15, -0.1) is 0 Å². The summed E-state index contributed by atoms with van der Waals surface area (Å²) in [5.74, 6) is -0.437. The van der Waals surface area contributed by atoms with Gasteiger partial charge in [0.15, 0.2) is 0 Å². The molecule has 0 heterocycles. The second-order valence-corrected chi connectivity index (χ2v) is 4.50. The Hall–Kier alpha value is -1.88. The van der Waals surface area contributed by atoms with E-state index < -0.39 is 6.04 Å². The Labute approximate surface area is 119 Å². The summed E-state index contributed by atoms with van der Waals surface area (Å²) in [5.41, 5.74) is 6.86. The maximum absolute atomic E-state index is 11.8. The molecule has 1 aromatic carbocycles. The van der Waals surface area contributed by atoms with E-state index in [0.29, 0.717) is 32.4 Å². The second-order valence-electron chi connectivity index (χ2n) is 4.50. The minimum absolute atomic E-state index is 0.197. The Morgan fingerprint density at radius 3 is 2.65 bits per heavy atom. The van der Waals surface area contributed by atoms with Gasteiger partial charge >= 0.3 is 5.97 Å². The van der Waals surface area contributed by atoms with Gasteiger partial charge in [-0.3, -0.25) is 9.59 Å². The summed E-state index contributed by atoms with van der Waals surface area (Å²) in [6.45, 7) is 2.58. The number of nitrogens with one attached hydrogen (secondary N) is 1. The van der Waals surface area contributed by atoms with Gasteiger partial charge in [-0.1, -0.05) is 30.3 Å². The summed E-state index contributed by atoms with van der Waals surface area (Å²) in [7, 11) is 0. The first-order valence-corrected chi connectivity index (χ1v) is 6.86. The smallest absolute Gasteiger partial charge is 0.305 e. The van der Waals surface area contributed by atoms with Crippen LogP contribution in [-0.4, -0.2) is 31.1 Å². The van der Waals surface area contributed by atoms with Crippen LogP contribution in [0.5, 0.6) is 0 Å². The summed E-state index contributed by atoms with van der Waals surface area (Å²) in [4.78, 5) is 22.9. The van der Waals surface area contributed by atoms with Crippen LogP contribution < -0.4 is 11.1 Å². The molecule has 3 N–H and O–H groups in total. The van der Waals surface area contributed by atoms with E-state index in [1.54, 1.807) is 6.92 Å². The minimum atomic E-state index is -0.569. The van der Waals surface area contributed by atoms with E-state index in [1.807, 2.05) is 30.3 Å². The van der Waals surface area contributed by atoms with Crippen LogP contribution in [0.4, 0.5) is 0 Å². The molecule has 0 aliphatic heterocycles. The third-order valence-corrected chi connectivity index (χ3v) is 2.80. The molecule has 0 aromatic heterocycles. The summed E-state index contributed by atoms with van der Waals surface area (Å²) in [5, 5.41) is 2.73. The van der Waals surface area contributed by atoms with Gasteiger partial charge in [0.2, 0.25) is 5.91 Å². The molecule has 1 unspecified atom stereocenters. The molecule has 0 aliphatic carbocycles. The molecule has 20 heavy (non-hydrogen) atoms. The molecule has 0 aliphatic rings. The molecular weight excluding hydrogens is 256 g/mol. The van der Waals surface area contributed by atoms with Gasteiger partial charge in [0.1, 0.15) is 0 Å². The van der Waals surface area contributed by atoms with Crippen molar-refractivity contribution < 1.29 is 14.3 Å². The lowest BCUT2D eigenvalue weighted by Gasteiger charge is -2.12. The third kappa shape index (κ3) is 6.33. The van der Waals surface area contributed by atoms with E-state index in [2.05, 4.69) is 5.32 Å². The van der Waals surface area contributed by atoms with E-state index in [4.69, 9.17) is 10.5 Å². The highest BCUT2D eigenvalue weighted by atomic mass is 16.5. The van der Waals surface area contributed by atoms with Gasteiger partial charge in [0.25, 0.3) is 0 Å². The van der Waals surface area contributed by atoms with Gasteiger partial charge in [-0.2, -0.15) is 0 Å². The fraction of sp³-hybridized carbons (Fsp3) is 0.467. The number of carbonyl (C=O) groups is 2. The number of hydrogen-bond donors (Lipinski definition) is 2. The number of carbonyl (C=O) groups excluding carboxylic acids is 2. The molecule has 1 aromatic rings. The van der Waals surface area contributed by atoms with Crippen LogP contribution in [0.2, 0.25) is 0 Å². The zero-order valence-electron chi connectivity index (χ0n) is 11.8. The third-order valence-electron chi connectivity index (χ3n) is 2.80. The number of benzene rings is 1. The van der Waals surface area contributed by atoms with Crippen molar-refractivity contribution in [1.29, 1.82) is 0 Å². The van der Waals surface area contributed by atoms with Crippen LogP contribution in [0.25, 0.3) is 0 Å². The minimum Gasteiger partial charge on any atom is -0.466 e. The second kappa shape index (κ2) is 9.09. The molecular formula is C15H22N2O3. The van der Waals surface area contributed by atoms with Crippen LogP contribution in [0.1, 0.15) is 25.3 Å². The maximum atomic E-state index is 11.8. The number of nitrogens with two attached hydrogens (primary N) is 1. The SMILES string of the molecule is CCOC(=O)CCCNC(=O)C(N)Cc1ccccc1. The Morgan fingerprint density at radius 2 is 2.00 bits per heavy atom. The molecule has 1 rings (SSSR count). The zero-order chi connectivity index (χ0) is 14.8. The van der Waals surface area contributed by atoms with E-state index in [9.17, 15) is 9.59 Å². The molecule has 110 valence electrons. The number of rotatable bonds is 8. The Morgan fingerprint density at radius 1 is 1.30 bits per heavy atom. The lowest BCUT2D eigenvalue weighted by molar-refractivity contribution is -0.143. The summed E-state index contributed by atoms with van der Waals surface area (Å²) in [6.07, 6.45) is 1.37. The lowest BCUT2D eigenvalue weighted by Crippen LogP contribution is -2.42. The molecule has 0 bridgehead atoms. The lowest BCUT2D eigenvalue weighted by atomic mass is 10.1. The number of ether oxygens (including phenoxy) is 1. The highest BCUT2D eigenvalue weighted by Crippen LogP contribution is 2.02. The monoisotopic (exact) mass is 278 g/mol. The molecule has 0 saturated heterocycles. The largest absolute Gasteiger partial charge is 0.466 e. The van der Waals surface area contributed by atoms with Crippen molar-refractivity contribution in [3.05, 3.63) is 35.9 Å². The van der Waals surface area contributed by atoms with Crippen LogP contribution in [0.15, 0.2) is 30.3 Å². The molecule has 0 radical (unpaired) electrons. The predicted molar refractivity (Wildman–Crippen MR) is 77.0 cm³/mol. The molecule has 0 saturated carbocycles. The maximum Gasteiger partial charge on any atom is 0.305 e. The van der Waals surface area contributed by atoms with Crippen molar-refractivity contribution in [3.8, 4) is 0 Å². The van der Waals surface area contributed by atoms with Crippen molar-refractivity contribution in [2.24, 2.45) is 5.73 Å². The molecule has 0 fully saturated rings. The standard InChI is InChI=1S/C15H22N2O3/c1-2-20-14(18)9-6-10-17-15(19)13(16)11-12-7-4-3-5-8-12/h3-5,7-8,13H,2,6,9-11,16H2,1H3,(H,17,19). The average molecular weight is 278 g/mol. The Bertz CT molecular complexity index is 420. The van der Waals surface area contributed by atoms with Crippen molar-refractivity contribution in [3.63, 3.8) is 0 Å². The van der Waals surface area contributed by atoms with E-state index in [-0.39, 0.29) is 11.9 Å².